The van der Waals surface area contributed by atoms with E-state index in [1.54, 1.807) is 24.3 Å². The molecule has 2 aromatic carbocycles. The van der Waals surface area contributed by atoms with Gasteiger partial charge in [-0.2, -0.15) is 0 Å². The van der Waals surface area contributed by atoms with Crippen LogP contribution >= 0.6 is 0 Å². The van der Waals surface area contributed by atoms with Gasteiger partial charge in [-0.15, -0.1) is 0 Å². The third-order valence-corrected chi connectivity index (χ3v) is 5.43. The fraction of sp³-hybridized carbons (Fsp3) is 0.462. The Hall–Kier alpha value is -3.42. The van der Waals surface area contributed by atoms with E-state index in [2.05, 4.69) is 0 Å². The predicted octanol–water partition coefficient (Wildman–Crippen LogP) is 4.94. The van der Waals surface area contributed by atoms with Crippen LogP contribution in [0, 0.1) is 0 Å². The quantitative estimate of drug-likeness (QED) is 0.578. The lowest BCUT2D eigenvalue weighted by atomic mass is 9.96. The summed E-state index contributed by atoms with van der Waals surface area (Å²) in [5, 5.41) is 0. The number of hydrogen-bond acceptors (Lipinski definition) is 8. The smallest absolute Gasteiger partial charge is 0.303 e. The Kier molecular flexibility index (Phi) is 9.01. The summed E-state index contributed by atoms with van der Waals surface area (Å²) in [6.45, 7) is 3.72. The molecule has 0 spiro atoms. The Morgan fingerprint density at radius 2 is 1.24 bits per heavy atom. The molecule has 0 fully saturated rings. The first kappa shape index (κ1) is 25.2. The predicted molar refractivity (Wildman–Crippen MR) is 124 cm³/mol. The van der Waals surface area contributed by atoms with E-state index in [-0.39, 0.29) is 0 Å². The topological polar surface area (TPSA) is 89.5 Å². The molecule has 0 radical (unpaired) electrons. The summed E-state index contributed by atoms with van der Waals surface area (Å²) < 4.78 is 34.3. The van der Waals surface area contributed by atoms with E-state index in [1.807, 2.05) is 12.1 Å². The molecule has 0 aromatic heterocycles. The molecule has 184 valence electrons. The molecule has 4 bridgehead atoms. The summed E-state index contributed by atoms with van der Waals surface area (Å²) in [7, 11) is 3.06. The Bertz CT molecular complexity index is 944. The van der Waals surface area contributed by atoms with E-state index < -0.39 is 24.1 Å². The largest absolute Gasteiger partial charge is 0.494 e. The van der Waals surface area contributed by atoms with E-state index in [0.717, 1.165) is 25.7 Å². The van der Waals surface area contributed by atoms with Crippen LogP contribution in [0.4, 0.5) is 0 Å². The molecular formula is C26H32O8. The summed E-state index contributed by atoms with van der Waals surface area (Å²) in [6, 6.07) is 10.7. The van der Waals surface area contributed by atoms with Gasteiger partial charge in [0, 0.05) is 19.4 Å². The minimum absolute atomic E-state index is 0.429. The molecule has 8 heteroatoms. The van der Waals surface area contributed by atoms with E-state index >= 15 is 0 Å². The number of carbonyl (C=O) groups excluding carboxylic acids is 2. The lowest BCUT2D eigenvalue weighted by molar-refractivity contribution is -0.166. The van der Waals surface area contributed by atoms with Gasteiger partial charge in [0.15, 0.2) is 23.7 Å². The van der Waals surface area contributed by atoms with Crippen LogP contribution in [-0.2, 0) is 19.1 Å². The first-order valence-corrected chi connectivity index (χ1v) is 11.4. The van der Waals surface area contributed by atoms with Gasteiger partial charge in [-0.25, -0.2) is 0 Å². The minimum atomic E-state index is -0.955. The summed E-state index contributed by atoms with van der Waals surface area (Å²) in [6.07, 6.45) is 1.96. The molecule has 0 aliphatic carbocycles. The SMILES string of the molecule is COc1cc2cc(OC)c1OCCCCCCOc1ccc(cc1)[C@H](OC(C)=O)[C@H]2OC(C)=O. The second-order valence-corrected chi connectivity index (χ2v) is 7.99. The molecule has 4 aliphatic heterocycles. The average Bonchev–Trinajstić information content (AvgIpc) is 2.82. The first-order valence-electron chi connectivity index (χ1n) is 11.4. The monoisotopic (exact) mass is 472 g/mol. The van der Waals surface area contributed by atoms with Crippen molar-refractivity contribution in [1.29, 1.82) is 0 Å². The van der Waals surface area contributed by atoms with Crippen molar-refractivity contribution >= 4 is 11.9 Å². The van der Waals surface area contributed by atoms with Crippen LogP contribution in [0.5, 0.6) is 23.0 Å². The maximum absolute atomic E-state index is 12.1. The van der Waals surface area contributed by atoms with Crippen LogP contribution in [0.25, 0.3) is 0 Å². The maximum atomic E-state index is 12.1. The van der Waals surface area contributed by atoms with Crippen molar-refractivity contribution < 1.29 is 38.0 Å². The fourth-order valence-electron chi connectivity index (χ4n) is 3.85. The van der Waals surface area contributed by atoms with Crippen molar-refractivity contribution in [2.75, 3.05) is 27.4 Å². The molecule has 0 saturated carbocycles. The number of hydrogen-bond donors (Lipinski definition) is 0. The third kappa shape index (κ3) is 6.56. The van der Waals surface area contributed by atoms with Gasteiger partial charge in [0.2, 0.25) is 5.75 Å². The molecule has 34 heavy (non-hydrogen) atoms. The van der Waals surface area contributed by atoms with E-state index in [1.165, 1.54) is 28.1 Å². The highest BCUT2D eigenvalue weighted by molar-refractivity contribution is 5.68. The third-order valence-electron chi connectivity index (χ3n) is 5.43. The molecule has 4 heterocycles. The first-order chi connectivity index (χ1) is 16.4. The van der Waals surface area contributed by atoms with Crippen molar-refractivity contribution in [2.24, 2.45) is 0 Å². The van der Waals surface area contributed by atoms with Crippen LogP contribution in [0.15, 0.2) is 36.4 Å². The van der Waals surface area contributed by atoms with Gasteiger partial charge in [-0.05, 0) is 55.5 Å². The lowest BCUT2D eigenvalue weighted by Gasteiger charge is -2.28. The van der Waals surface area contributed by atoms with Crippen molar-refractivity contribution in [3.8, 4) is 23.0 Å². The summed E-state index contributed by atoms with van der Waals surface area (Å²) in [5.74, 6) is 1.00. The zero-order valence-corrected chi connectivity index (χ0v) is 20.1. The molecule has 0 unspecified atom stereocenters. The normalized spacial score (nSPS) is 18.6. The number of ether oxygens (including phenoxy) is 6. The van der Waals surface area contributed by atoms with Gasteiger partial charge in [-0.1, -0.05) is 12.1 Å². The van der Waals surface area contributed by atoms with Gasteiger partial charge in [0.05, 0.1) is 27.4 Å². The molecule has 2 atom stereocenters. The highest BCUT2D eigenvalue weighted by Gasteiger charge is 2.32. The molecule has 6 rings (SSSR count). The molecule has 0 amide bonds. The molecule has 8 nitrogen and oxygen atoms in total. The highest BCUT2D eigenvalue weighted by atomic mass is 16.6. The second kappa shape index (κ2) is 12.2. The van der Waals surface area contributed by atoms with E-state index in [0.29, 0.717) is 47.3 Å². The summed E-state index contributed by atoms with van der Waals surface area (Å²) >= 11 is 0. The van der Waals surface area contributed by atoms with Crippen LogP contribution in [0.2, 0.25) is 0 Å². The number of rotatable bonds is 4. The molecule has 0 N–H and O–H groups in total. The maximum Gasteiger partial charge on any atom is 0.303 e. The van der Waals surface area contributed by atoms with Gasteiger partial charge in [0.1, 0.15) is 5.75 Å². The van der Waals surface area contributed by atoms with Crippen molar-refractivity contribution in [3.05, 3.63) is 47.5 Å². The standard InChI is InChI=1S/C26H32O8/c1-17(27)33-24-19-9-11-21(12-10-19)31-13-7-5-6-8-14-32-26-22(29-3)15-20(16-23(26)30-4)25(24)34-18(2)28/h9-12,15-16,24-25H,5-8,13-14H2,1-4H3/t24-,25-/m0/s1. The zero-order valence-electron chi connectivity index (χ0n) is 20.1. The van der Waals surface area contributed by atoms with Gasteiger partial charge in [-0.3, -0.25) is 9.59 Å². The Morgan fingerprint density at radius 3 is 1.74 bits per heavy atom. The van der Waals surface area contributed by atoms with Gasteiger partial charge < -0.3 is 28.4 Å². The van der Waals surface area contributed by atoms with Gasteiger partial charge in [0.25, 0.3) is 0 Å². The highest BCUT2D eigenvalue weighted by Crippen LogP contribution is 2.44. The number of carbonyl (C=O) groups is 2. The molecular weight excluding hydrogens is 440 g/mol. The Morgan fingerprint density at radius 1 is 0.735 bits per heavy atom. The summed E-state index contributed by atoms with van der Waals surface area (Å²) in [4.78, 5) is 24.1. The molecule has 2 aromatic rings. The average molecular weight is 473 g/mol. The fourth-order valence-corrected chi connectivity index (χ4v) is 3.85. The van der Waals surface area contributed by atoms with E-state index in [9.17, 15) is 9.59 Å². The zero-order chi connectivity index (χ0) is 24.5. The van der Waals surface area contributed by atoms with Crippen molar-refractivity contribution in [1.82, 2.24) is 0 Å². The summed E-state index contributed by atoms with van der Waals surface area (Å²) in [5.41, 5.74) is 1.18. The van der Waals surface area contributed by atoms with Crippen molar-refractivity contribution in [3.63, 3.8) is 0 Å². The van der Waals surface area contributed by atoms with Crippen LogP contribution in [0.1, 0.15) is 62.9 Å². The molecule has 0 saturated heterocycles. The second-order valence-electron chi connectivity index (χ2n) is 7.99. The van der Waals surface area contributed by atoms with Crippen molar-refractivity contribution in [2.45, 2.75) is 51.7 Å². The number of esters is 2. The Labute approximate surface area is 200 Å². The number of methoxy groups -OCH3 is 2. The van der Waals surface area contributed by atoms with Crippen LogP contribution < -0.4 is 18.9 Å². The lowest BCUT2D eigenvalue weighted by Crippen LogP contribution is -2.22. The number of benzene rings is 2. The van der Waals surface area contributed by atoms with Crippen LogP contribution in [0.3, 0.4) is 0 Å². The van der Waals surface area contributed by atoms with E-state index in [4.69, 9.17) is 28.4 Å². The van der Waals surface area contributed by atoms with Gasteiger partial charge >= 0.3 is 11.9 Å². The van der Waals surface area contributed by atoms with Crippen LogP contribution in [-0.4, -0.2) is 39.4 Å². The Balaban J connectivity index is 2.14. The minimum Gasteiger partial charge on any atom is -0.494 e. The molecule has 4 aliphatic rings.